The maximum atomic E-state index is 12.5. The van der Waals surface area contributed by atoms with Crippen molar-refractivity contribution < 1.29 is 8.42 Å². The molecule has 6 heteroatoms. The van der Waals surface area contributed by atoms with Crippen molar-refractivity contribution in [2.45, 2.75) is 31.8 Å². The smallest absolute Gasteiger partial charge is 0.240 e. The maximum absolute atomic E-state index is 12.5. The van der Waals surface area contributed by atoms with E-state index >= 15 is 0 Å². The predicted molar refractivity (Wildman–Crippen MR) is 90.6 cm³/mol. The molecule has 0 aliphatic rings. The average molecular weight is 329 g/mol. The van der Waals surface area contributed by atoms with Crippen LogP contribution in [0.2, 0.25) is 0 Å². The first-order valence-corrected chi connectivity index (χ1v) is 8.99. The molecule has 120 valence electrons. The predicted octanol–water partition coefficient (Wildman–Crippen LogP) is 2.84. The standard InChI is InChI=1S/C17H19N3O2S/c1-3-20-13(2)16(11-18-20)12-19-23(21,22)17-9-8-14-6-4-5-7-15(14)10-17/h4-11,19H,3,12H2,1-2H3. The van der Waals surface area contributed by atoms with Crippen LogP contribution in [0.4, 0.5) is 0 Å². The Balaban J connectivity index is 1.83. The number of nitrogens with one attached hydrogen (secondary N) is 1. The molecule has 0 spiro atoms. The number of hydrogen-bond donors (Lipinski definition) is 1. The van der Waals surface area contributed by atoms with Gasteiger partial charge in [0, 0.05) is 24.3 Å². The molecule has 0 bridgehead atoms. The van der Waals surface area contributed by atoms with Crippen molar-refractivity contribution in [2.24, 2.45) is 0 Å². The minimum atomic E-state index is -3.55. The van der Waals surface area contributed by atoms with E-state index in [1.807, 2.05) is 48.9 Å². The molecule has 0 aliphatic carbocycles. The van der Waals surface area contributed by atoms with Gasteiger partial charge in [0.1, 0.15) is 0 Å². The van der Waals surface area contributed by atoms with Gasteiger partial charge in [-0.05, 0) is 36.8 Å². The highest BCUT2D eigenvalue weighted by Gasteiger charge is 2.15. The molecule has 1 heterocycles. The molecule has 5 nitrogen and oxygen atoms in total. The Morgan fingerprint density at radius 3 is 2.57 bits per heavy atom. The highest BCUT2D eigenvalue weighted by molar-refractivity contribution is 7.89. The molecule has 0 unspecified atom stereocenters. The third-order valence-electron chi connectivity index (χ3n) is 3.99. The first-order valence-electron chi connectivity index (χ1n) is 7.51. The van der Waals surface area contributed by atoms with Crippen molar-refractivity contribution >= 4 is 20.8 Å². The van der Waals surface area contributed by atoms with Crippen LogP contribution in [0.25, 0.3) is 10.8 Å². The van der Waals surface area contributed by atoms with Gasteiger partial charge in [-0.15, -0.1) is 0 Å². The summed E-state index contributed by atoms with van der Waals surface area (Å²) in [6.45, 7) is 4.95. The number of sulfonamides is 1. The van der Waals surface area contributed by atoms with Crippen LogP contribution in [-0.2, 0) is 23.1 Å². The van der Waals surface area contributed by atoms with Gasteiger partial charge >= 0.3 is 0 Å². The summed E-state index contributed by atoms with van der Waals surface area (Å²) < 4.78 is 29.5. The summed E-state index contributed by atoms with van der Waals surface area (Å²) in [5.74, 6) is 0. The zero-order chi connectivity index (χ0) is 16.4. The van der Waals surface area contributed by atoms with Crippen LogP contribution in [0.15, 0.2) is 53.6 Å². The van der Waals surface area contributed by atoms with Gasteiger partial charge in [0.15, 0.2) is 0 Å². The van der Waals surface area contributed by atoms with E-state index in [1.165, 1.54) is 0 Å². The van der Waals surface area contributed by atoms with Gasteiger partial charge in [-0.1, -0.05) is 30.3 Å². The number of hydrogen-bond acceptors (Lipinski definition) is 3. The highest BCUT2D eigenvalue weighted by atomic mass is 32.2. The third kappa shape index (κ3) is 3.13. The second-order valence-corrected chi connectivity index (χ2v) is 7.17. The summed E-state index contributed by atoms with van der Waals surface area (Å²) >= 11 is 0. The number of aryl methyl sites for hydroxylation is 1. The lowest BCUT2D eigenvalue weighted by atomic mass is 10.1. The largest absolute Gasteiger partial charge is 0.270 e. The zero-order valence-corrected chi connectivity index (χ0v) is 14.0. The van der Waals surface area contributed by atoms with Crippen LogP contribution in [0, 0.1) is 6.92 Å². The molecule has 1 N–H and O–H groups in total. The summed E-state index contributed by atoms with van der Waals surface area (Å²) in [6, 6.07) is 12.8. The van der Waals surface area contributed by atoms with Crippen molar-refractivity contribution in [3.8, 4) is 0 Å². The van der Waals surface area contributed by atoms with Gasteiger partial charge < -0.3 is 0 Å². The number of benzene rings is 2. The molecular formula is C17H19N3O2S. The Labute approximate surface area is 136 Å². The molecule has 3 rings (SSSR count). The molecule has 1 aromatic heterocycles. The highest BCUT2D eigenvalue weighted by Crippen LogP contribution is 2.19. The van der Waals surface area contributed by atoms with Gasteiger partial charge in [-0.25, -0.2) is 13.1 Å². The topological polar surface area (TPSA) is 64.0 Å². The molecule has 0 radical (unpaired) electrons. The number of rotatable bonds is 5. The summed E-state index contributed by atoms with van der Waals surface area (Å²) in [4.78, 5) is 0.275. The van der Waals surface area contributed by atoms with Crippen LogP contribution in [-0.4, -0.2) is 18.2 Å². The van der Waals surface area contributed by atoms with Gasteiger partial charge in [0.05, 0.1) is 11.1 Å². The Hall–Kier alpha value is -2.18. The Morgan fingerprint density at radius 2 is 1.87 bits per heavy atom. The van der Waals surface area contributed by atoms with Crippen molar-refractivity contribution in [3.05, 3.63) is 59.9 Å². The lowest BCUT2D eigenvalue weighted by Gasteiger charge is -2.08. The number of aromatic nitrogens is 2. The molecular weight excluding hydrogens is 310 g/mol. The van der Waals surface area contributed by atoms with E-state index in [4.69, 9.17) is 0 Å². The van der Waals surface area contributed by atoms with Crippen LogP contribution in [0.3, 0.4) is 0 Å². The SMILES string of the molecule is CCn1ncc(CNS(=O)(=O)c2ccc3ccccc3c2)c1C. The van der Waals surface area contributed by atoms with Crippen LogP contribution in [0.1, 0.15) is 18.2 Å². The Bertz CT molecular complexity index is 945. The second kappa shape index (κ2) is 6.14. The van der Waals surface area contributed by atoms with E-state index in [0.29, 0.717) is 0 Å². The molecule has 3 aromatic rings. The Kier molecular flexibility index (Phi) is 4.19. The fraction of sp³-hybridized carbons (Fsp3) is 0.235. The molecule has 0 saturated heterocycles. The second-order valence-electron chi connectivity index (χ2n) is 5.40. The summed E-state index contributed by atoms with van der Waals surface area (Å²) in [5, 5.41) is 6.16. The minimum absolute atomic E-state index is 0.237. The van der Waals surface area contributed by atoms with E-state index in [-0.39, 0.29) is 11.4 Å². The van der Waals surface area contributed by atoms with Crippen LogP contribution >= 0.6 is 0 Å². The van der Waals surface area contributed by atoms with Crippen LogP contribution < -0.4 is 4.72 Å². The summed E-state index contributed by atoms with van der Waals surface area (Å²) in [6.07, 6.45) is 1.71. The van der Waals surface area contributed by atoms with Crippen LogP contribution in [0.5, 0.6) is 0 Å². The minimum Gasteiger partial charge on any atom is -0.270 e. The van der Waals surface area contributed by atoms with E-state index < -0.39 is 10.0 Å². The summed E-state index contributed by atoms with van der Waals surface area (Å²) in [5.41, 5.74) is 1.87. The molecule has 23 heavy (non-hydrogen) atoms. The van der Waals surface area contributed by atoms with Gasteiger partial charge in [0.25, 0.3) is 0 Å². The van der Waals surface area contributed by atoms with Crippen molar-refractivity contribution in [1.29, 1.82) is 0 Å². The first-order chi connectivity index (χ1) is 11.0. The lowest BCUT2D eigenvalue weighted by Crippen LogP contribution is -2.23. The van der Waals surface area contributed by atoms with Crippen molar-refractivity contribution in [2.75, 3.05) is 0 Å². The fourth-order valence-electron chi connectivity index (χ4n) is 2.57. The molecule has 0 aliphatic heterocycles. The Morgan fingerprint density at radius 1 is 1.13 bits per heavy atom. The summed E-state index contributed by atoms with van der Waals surface area (Å²) in [7, 11) is -3.55. The average Bonchev–Trinajstić information content (AvgIpc) is 2.92. The van der Waals surface area contributed by atoms with E-state index in [1.54, 1.807) is 18.3 Å². The third-order valence-corrected chi connectivity index (χ3v) is 5.39. The quantitative estimate of drug-likeness (QED) is 0.783. The van der Waals surface area contributed by atoms with Gasteiger partial charge in [-0.3, -0.25) is 4.68 Å². The van der Waals surface area contributed by atoms with E-state index in [0.717, 1.165) is 28.6 Å². The first kappa shape index (κ1) is 15.7. The zero-order valence-electron chi connectivity index (χ0n) is 13.2. The molecule has 0 atom stereocenters. The molecule has 0 amide bonds. The van der Waals surface area contributed by atoms with Gasteiger partial charge in [0.2, 0.25) is 10.0 Å². The normalized spacial score (nSPS) is 11.9. The molecule has 0 fully saturated rings. The van der Waals surface area contributed by atoms with Crippen molar-refractivity contribution in [1.82, 2.24) is 14.5 Å². The lowest BCUT2D eigenvalue weighted by molar-refractivity contribution is 0.581. The molecule has 2 aromatic carbocycles. The maximum Gasteiger partial charge on any atom is 0.240 e. The fourth-order valence-corrected chi connectivity index (χ4v) is 3.61. The number of nitrogens with zero attached hydrogens (tertiary/aromatic N) is 2. The monoisotopic (exact) mass is 329 g/mol. The van der Waals surface area contributed by atoms with Crippen molar-refractivity contribution in [3.63, 3.8) is 0 Å². The van der Waals surface area contributed by atoms with E-state index in [9.17, 15) is 8.42 Å². The number of fused-ring (bicyclic) bond motifs is 1. The van der Waals surface area contributed by atoms with Gasteiger partial charge in [-0.2, -0.15) is 5.10 Å². The van der Waals surface area contributed by atoms with E-state index in [2.05, 4.69) is 9.82 Å². The molecule has 0 saturated carbocycles.